The zero-order valence-electron chi connectivity index (χ0n) is 15.5. The van der Waals surface area contributed by atoms with Crippen LogP contribution in [-0.4, -0.2) is 11.1 Å². The highest BCUT2D eigenvalue weighted by Crippen LogP contribution is 2.75. The van der Waals surface area contributed by atoms with E-state index in [4.69, 9.17) is 5.73 Å². The first-order valence-electron chi connectivity index (χ1n) is 8.78. The van der Waals surface area contributed by atoms with Crippen molar-refractivity contribution in [3.05, 3.63) is 63.6 Å². The van der Waals surface area contributed by atoms with E-state index in [9.17, 15) is 15.2 Å². The molecule has 1 saturated carbocycles. The normalized spacial score (nSPS) is 23.3. The minimum atomic E-state index is -1.20. The summed E-state index contributed by atoms with van der Waals surface area (Å²) in [5.74, 6) is -2.02. The highest BCUT2D eigenvalue weighted by Gasteiger charge is 2.78. The molecule has 0 aliphatic heterocycles. The molecule has 0 amide bonds. The molecule has 3 unspecified atom stereocenters. The minimum Gasteiger partial charge on any atom is -0.481 e. The summed E-state index contributed by atoms with van der Waals surface area (Å²) >= 11 is 6.67. The molecule has 1 aliphatic carbocycles. The van der Waals surface area contributed by atoms with Crippen LogP contribution in [0.4, 0.5) is 5.69 Å². The number of nitrogen functional groups attached to an aromatic ring is 1. The number of nitriles is 1. The Morgan fingerprint density at radius 2 is 1.86 bits per heavy atom. The number of carboxylic acids is 1. The Labute approximate surface area is 181 Å². The Morgan fingerprint density at radius 3 is 2.39 bits per heavy atom. The molecule has 0 bridgehead atoms. The second kappa shape index (κ2) is 7.38. The van der Waals surface area contributed by atoms with E-state index in [1.54, 1.807) is 0 Å². The number of hydrogen-bond donors (Lipinski definition) is 2. The molecule has 2 aromatic carbocycles. The van der Waals surface area contributed by atoms with Crippen LogP contribution < -0.4 is 5.73 Å². The number of aliphatic carboxylic acids is 1. The van der Waals surface area contributed by atoms with Crippen molar-refractivity contribution < 1.29 is 9.90 Å². The molecule has 0 spiro atoms. The van der Waals surface area contributed by atoms with Gasteiger partial charge in [-0.05, 0) is 72.2 Å². The first-order valence-corrected chi connectivity index (χ1v) is 10.4. The van der Waals surface area contributed by atoms with Gasteiger partial charge in [0.1, 0.15) is 5.41 Å². The summed E-state index contributed by atoms with van der Waals surface area (Å²) in [6.45, 7) is 3.80. The summed E-state index contributed by atoms with van der Waals surface area (Å²) < 4.78 is 0.688. The van der Waals surface area contributed by atoms with Gasteiger partial charge in [0.15, 0.2) is 0 Å². The van der Waals surface area contributed by atoms with E-state index in [2.05, 4.69) is 37.9 Å². The molecule has 3 N–H and O–H groups in total. The molecule has 144 valence electrons. The number of nitrogens with two attached hydrogens (primary N) is 1. The van der Waals surface area contributed by atoms with Crippen LogP contribution in [0.15, 0.2) is 58.0 Å². The molecule has 0 radical (unpaired) electrons. The Bertz CT molecular complexity index is 988. The number of nitrogens with zero attached hydrogens (tertiary/aromatic N) is 1. The van der Waals surface area contributed by atoms with Crippen LogP contribution in [0.25, 0.3) is 11.1 Å². The second-order valence-corrected chi connectivity index (χ2v) is 10.4. The summed E-state index contributed by atoms with van der Waals surface area (Å²) in [6, 6.07) is 17.3. The van der Waals surface area contributed by atoms with Crippen LogP contribution in [0.1, 0.15) is 25.3 Å². The van der Waals surface area contributed by atoms with Crippen LogP contribution >= 0.6 is 31.9 Å². The Kier molecular flexibility index (Phi) is 5.44. The molecule has 0 aromatic heterocycles. The van der Waals surface area contributed by atoms with Gasteiger partial charge in [0.2, 0.25) is 0 Å². The van der Waals surface area contributed by atoms with Gasteiger partial charge in [-0.3, -0.25) is 4.79 Å². The number of anilines is 1. The molecule has 3 rings (SSSR count). The average molecular weight is 504 g/mol. The predicted octanol–water partition coefficient (Wildman–Crippen LogP) is 5.90. The van der Waals surface area contributed by atoms with E-state index < -0.39 is 22.7 Å². The lowest BCUT2D eigenvalue weighted by Crippen LogP contribution is -2.28. The third kappa shape index (κ3) is 3.17. The van der Waals surface area contributed by atoms with Gasteiger partial charge in [-0.2, -0.15) is 5.26 Å². The van der Waals surface area contributed by atoms with Gasteiger partial charge in [0, 0.05) is 11.6 Å². The Hall–Kier alpha value is -2.10. The zero-order valence-corrected chi connectivity index (χ0v) is 18.7. The number of rotatable bonds is 5. The Balaban J connectivity index is 2.10. The van der Waals surface area contributed by atoms with Crippen molar-refractivity contribution in [2.75, 3.05) is 5.73 Å². The molecule has 0 saturated heterocycles. The lowest BCUT2D eigenvalue weighted by atomic mass is 9.78. The Morgan fingerprint density at radius 1 is 1.21 bits per heavy atom. The smallest absolute Gasteiger partial charge is 0.312 e. The molecule has 3 atom stereocenters. The summed E-state index contributed by atoms with van der Waals surface area (Å²) in [7, 11) is 0. The van der Waals surface area contributed by atoms with E-state index >= 15 is 0 Å². The molecule has 2 aromatic rings. The first-order chi connectivity index (χ1) is 13.2. The fourth-order valence-corrected chi connectivity index (χ4v) is 4.93. The number of benzene rings is 2. The van der Waals surface area contributed by atoms with Gasteiger partial charge >= 0.3 is 5.97 Å². The highest BCUT2D eigenvalue weighted by molar-refractivity contribution is 9.28. The highest BCUT2D eigenvalue weighted by atomic mass is 79.9. The predicted molar refractivity (Wildman–Crippen MR) is 118 cm³/mol. The molecule has 6 heteroatoms. The van der Waals surface area contributed by atoms with E-state index in [0.29, 0.717) is 14.6 Å². The molecule has 1 aliphatic rings. The molecule has 1 fully saturated rings. The zero-order chi connectivity index (χ0) is 20.7. The number of carbonyl (C=O) groups is 1. The topological polar surface area (TPSA) is 87.1 Å². The van der Waals surface area contributed by atoms with Crippen LogP contribution in [0, 0.1) is 28.1 Å². The molecule has 4 nitrogen and oxygen atoms in total. The van der Waals surface area contributed by atoms with Crippen molar-refractivity contribution in [1.82, 2.24) is 0 Å². The van der Waals surface area contributed by atoms with E-state index in [1.807, 2.05) is 68.5 Å². The fourth-order valence-electron chi connectivity index (χ4n) is 4.40. The first kappa shape index (κ1) is 20.6. The fraction of sp³-hybridized carbons (Fsp3) is 0.273. The summed E-state index contributed by atoms with van der Waals surface area (Å²) in [5, 5.41) is 20.2. The van der Waals surface area contributed by atoms with Crippen LogP contribution in [0.3, 0.4) is 0 Å². The maximum Gasteiger partial charge on any atom is 0.312 e. The van der Waals surface area contributed by atoms with Crippen molar-refractivity contribution in [2.45, 2.75) is 19.8 Å². The standard InChI is InChI=1S/C22H20Br2N2O2/c1-21(2)18(11-19(23)24)22(21,20(27)28)17(12-25)15-5-3-4-14(10-15)13-6-8-16(26)9-7-13/h3-11,17-18H,26H2,1-2H3,(H,27,28). The van der Waals surface area contributed by atoms with Gasteiger partial charge in [0.25, 0.3) is 0 Å². The molecular weight excluding hydrogens is 484 g/mol. The molecular formula is C22H20Br2N2O2. The summed E-state index contributed by atoms with van der Waals surface area (Å²) in [4.78, 5) is 12.4. The third-order valence-electron chi connectivity index (χ3n) is 5.95. The van der Waals surface area contributed by atoms with Crippen molar-refractivity contribution in [3.8, 4) is 17.2 Å². The van der Waals surface area contributed by atoms with Crippen molar-refractivity contribution in [3.63, 3.8) is 0 Å². The van der Waals surface area contributed by atoms with Crippen molar-refractivity contribution in [1.29, 1.82) is 5.26 Å². The van der Waals surface area contributed by atoms with E-state index in [0.717, 1.165) is 11.1 Å². The van der Waals surface area contributed by atoms with Gasteiger partial charge in [-0.1, -0.05) is 50.3 Å². The van der Waals surface area contributed by atoms with Crippen LogP contribution in [0.2, 0.25) is 0 Å². The number of allylic oxidation sites excluding steroid dienone is 1. The lowest BCUT2D eigenvalue weighted by Gasteiger charge is -2.22. The maximum atomic E-state index is 12.4. The molecule has 0 heterocycles. The number of hydrogen-bond acceptors (Lipinski definition) is 3. The van der Waals surface area contributed by atoms with Gasteiger partial charge < -0.3 is 10.8 Å². The summed E-state index contributed by atoms with van der Waals surface area (Å²) in [6.07, 6.45) is 1.84. The number of halogens is 2. The quantitative estimate of drug-likeness (QED) is 0.497. The maximum absolute atomic E-state index is 12.4. The van der Waals surface area contributed by atoms with Crippen LogP contribution in [0.5, 0.6) is 0 Å². The van der Waals surface area contributed by atoms with E-state index in [1.165, 1.54) is 0 Å². The third-order valence-corrected chi connectivity index (χ3v) is 6.47. The van der Waals surface area contributed by atoms with Gasteiger partial charge in [-0.25, -0.2) is 0 Å². The number of carboxylic acid groups (broad SMARTS) is 1. The van der Waals surface area contributed by atoms with Crippen LogP contribution in [-0.2, 0) is 4.79 Å². The molecule has 28 heavy (non-hydrogen) atoms. The monoisotopic (exact) mass is 502 g/mol. The van der Waals surface area contributed by atoms with E-state index in [-0.39, 0.29) is 5.92 Å². The largest absolute Gasteiger partial charge is 0.481 e. The lowest BCUT2D eigenvalue weighted by molar-refractivity contribution is -0.145. The average Bonchev–Trinajstić information content (AvgIpc) is 3.12. The minimum absolute atomic E-state index is 0.281. The van der Waals surface area contributed by atoms with Crippen molar-refractivity contribution >= 4 is 43.5 Å². The van der Waals surface area contributed by atoms with Gasteiger partial charge in [0.05, 0.1) is 15.4 Å². The van der Waals surface area contributed by atoms with Crippen molar-refractivity contribution in [2.24, 2.45) is 16.7 Å². The SMILES string of the molecule is CC1(C)C(C=C(Br)Br)C1(C(=O)O)C(C#N)c1cccc(-c2ccc(N)cc2)c1. The van der Waals surface area contributed by atoms with Gasteiger partial charge in [-0.15, -0.1) is 0 Å². The summed E-state index contributed by atoms with van der Waals surface area (Å²) in [5.41, 5.74) is 7.26. The second-order valence-electron chi connectivity index (χ2n) is 7.64.